The van der Waals surface area contributed by atoms with Crippen LogP contribution in [0.2, 0.25) is 0 Å². The number of aromatic amines is 1. The lowest BCUT2D eigenvalue weighted by atomic mass is 10.0. The molecule has 28 heavy (non-hydrogen) atoms. The van der Waals surface area contributed by atoms with Gasteiger partial charge in [0, 0.05) is 18.3 Å². The largest absolute Gasteiger partial charge is 0.480 e. The molecule has 156 valence electrons. The maximum absolute atomic E-state index is 12.8. The van der Waals surface area contributed by atoms with Gasteiger partial charge in [0.2, 0.25) is 17.7 Å². The molecule has 7 N–H and O–H groups in total. The van der Waals surface area contributed by atoms with Crippen LogP contribution in [0.1, 0.15) is 33.4 Å². The SMILES string of the molecule is CC(N)C(=O)NC(Cc1cnc[nH]1)C(=O)NC(C(=O)NC(C)C(=O)O)C(C)C. The van der Waals surface area contributed by atoms with Gasteiger partial charge in [-0.2, -0.15) is 0 Å². The summed E-state index contributed by atoms with van der Waals surface area (Å²) in [6.07, 6.45) is 3.07. The molecule has 1 rings (SSSR count). The third kappa shape index (κ3) is 6.99. The van der Waals surface area contributed by atoms with Crippen molar-refractivity contribution in [2.75, 3.05) is 0 Å². The van der Waals surface area contributed by atoms with Crippen LogP contribution in [0.3, 0.4) is 0 Å². The second kappa shape index (κ2) is 10.4. The third-order valence-corrected chi connectivity index (χ3v) is 4.00. The molecule has 11 nitrogen and oxygen atoms in total. The van der Waals surface area contributed by atoms with Gasteiger partial charge in [0.25, 0.3) is 0 Å². The molecule has 0 spiro atoms. The van der Waals surface area contributed by atoms with E-state index in [1.165, 1.54) is 26.4 Å². The molecule has 1 aromatic rings. The van der Waals surface area contributed by atoms with Crippen LogP contribution in [0.25, 0.3) is 0 Å². The lowest BCUT2D eigenvalue weighted by molar-refractivity contribution is -0.142. The number of hydrogen-bond acceptors (Lipinski definition) is 6. The first-order valence-corrected chi connectivity index (χ1v) is 8.89. The van der Waals surface area contributed by atoms with E-state index in [0.717, 1.165) is 0 Å². The fraction of sp³-hybridized carbons (Fsp3) is 0.588. The summed E-state index contributed by atoms with van der Waals surface area (Å²) in [4.78, 5) is 54.8. The predicted octanol–water partition coefficient (Wildman–Crippen LogP) is -1.49. The molecule has 0 fully saturated rings. The molecule has 0 radical (unpaired) electrons. The van der Waals surface area contributed by atoms with Gasteiger partial charge in [-0.05, 0) is 19.8 Å². The molecular weight excluding hydrogens is 368 g/mol. The molecule has 0 bridgehead atoms. The van der Waals surface area contributed by atoms with Gasteiger partial charge in [-0.25, -0.2) is 4.98 Å². The van der Waals surface area contributed by atoms with E-state index in [2.05, 4.69) is 25.9 Å². The Bertz CT molecular complexity index is 688. The summed E-state index contributed by atoms with van der Waals surface area (Å²) >= 11 is 0. The first-order valence-electron chi connectivity index (χ1n) is 8.89. The number of nitrogens with two attached hydrogens (primary N) is 1. The van der Waals surface area contributed by atoms with Crippen LogP contribution in [0.5, 0.6) is 0 Å². The highest BCUT2D eigenvalue weighted by molar-refractivity contribution is 5.94. The van der Waals surface area contributed by atoms with Gasteiger partial charge in [0.1, 0.15) is 18.1 Å². The molecule has 0 saturated heterocycles. The zero-order valence-electron chi connectivity index (χ0n) is 16.4. The highest BCUT2D eigenvalue weighted by atomic mass is 16.4. The lowest BCUT2D eigenvalue weighted by Crippen LogP contribution is -2.58. The number of aromatic nitrogens is 2. The first kappa shape index (κ1) is 23.1. The van der Waals surface area contributed by atoms with Crippen molar-refractivity contribution in [3.8, 4) is 0 Å². The predicted molar refractivity (Wildman–Crippen MR) is 99.9 cm³/mol. The quantitative estimate of drug-likeness (QED) is 0.279. The molecule has 0 saturated carbocycles. The first-order chi connectivity index (χ1) is 13.0. The van der Waals surface area contributed by atoms with Crippen molar-refractivity contribution in [1.82, 2.24) is 25.9 Å². The Morgan fingerprint density at radius 1 is 1.07 bits per heavy atom. The maximum atomic E-state index is 12.8. The minimum absolute atomic E-state index is 0.113. The molecule has 1 aromatic heterocycles. The Hall–Kier alpha value is -2.95. The van der Waals surface area contributed by atoms with Gasteiger partial charge in [-0.15, -0.1) is 0 Å². The highest BCUT2D eigenvalue weighted by Gasteiger charge is 2.30. The number of carboxylic acids is 1. The van der Waals surface area contributed by atoms with Crippen LogP contribution < -0.4 is 21.7 Å². The van der Waals surface area contributed by atoms with E-state index in [9.17, 15) is 19.2 Å². The number of amides is 3. The fourth-order valence-electron chi connectivity index (χ4n) is 2.28. The smallest absolute Gasteiger partial charge is 0.325 e. The van der Waals surface area contributed by atoms with Crippen molar-refractivity contribution in [1.29, 1.82) is 0 Å². The van der Waals surface area contributed by atoms with Crippen LogP contribution in [0.15, 0.2) is 12.5 Å². The Morgan fingerprint density at radius 2 is 1.71 bits per heavy atom. The van der Waals surface area contributed by atoms with Gasteiger partial charge in [-0.3, -0.25) is 19.2 Å². The molecular formula is C17H28N6O5. The number of carboxylic acid groups (broad SMARTS) is 1. The van der Waals surface area contributed by atoms with Gasteiger partial charge in [-0.1, -0.05) is 13.8 Å². The van der Waals surface area contributed by atoms with E-state index in [1.54, 1.807) is 13.8 Å². The van der Waals surface area contributed by atoms with Crippen molar-refractivity contribution >= 4 is 23.7 Å². The third-order valence-electron chi connectivity index (χ3n) is 4.00. The van der Waals surface area contributed by atoms with Crippen LogP contribution in [-0.4, -0.2) is 62.9 Å². The van der Waals surface area contributed by atoms with E-state index < -0.39 is 47.9 Å². The highest BCUT2D eigenvalue weighted by Crippen LogP contribution is 2.06. The van der Waals surface area contributed by atoms with E-state index in [4.69, 9.17) is 10.8 Å². The van der Waals surface area contributed by atoms with Crippen LogP contribution in [-0.2, 0) is 25.6 Å². The Morgan fingerprint density at radius 3 is 2.18 bits per heavy atom. The summed E-state index contributed by atoms with van der Waals surface area (Å²) in [5.41, 5.74) is 6.16. The molecule has 3 amide bonds. The number of carbonyl (C=O) groups excluding carboxylic acids is 3. The van der Waals surface area contributed by atoms with Gasteiger partial charge in [0.05, 0.1) is 12.4 Å². The van der Waals surface area contributed by atoms with Crippen LogP contribution >= 0.6 is 0 Å². The summed E-state index contributed by atoms with van der Waals surface area (Å²) in [7, 11) is 0. The van der Waals surface area contributed by atoms with Crippen LogP contribution in [0, 0.1) is 5.92 Å². The summed E-state index contributed by atoms with van der Waals surface area (Å²) < 4.78 is 0. The molecule has 0 aliphatic carbocycles. The number of H-pyrrole nitrogens is 1. The molecule has 0 aliphatic rings. The fourth-order valence-corrected chi connectivity index (χ4v) is 2.28. The van der Waals surface area contributed by atoms with Crippen molar-refractivity contribution in [2.24, 2.45) is 11.7 Å². The maximum Gasteiger partial charge on any atom is 0.325 e. The van der Waals surface area contributed by atoms with E-state index in [0.29, 0.717) is 5.69 Å². The van der Waals surface area contributed by atoms with E-state index in [1.807, 2.05) is 0 Å². The topological polar surface area (TPSA) is 179 Å². The average molecular weight is 396 g/mol. The van der Waals surface area contributed by atoms with E-state index in [-0.39, 0.29) is 12.3 Å². The zero-order valence-corrected chi connectivity index (χ0v) is 16.4. The number of aliphatic carboxylic acids is 1. The second-order valence-corrected chi connectivity index (χ2v) is 6.93. The number of carbonyl (C=O) groups is 4. The van der Waals surface area contributed by atoms with Crippen molar-refractivity contribution in [3.05, 3.63) is 18.2 Å². The Balaban J connectivity index is 2.92. The average Bonchev–Trinajstić information content (AvgIpc) is 3.11. The minimum atomic E-state index is -1.19. The number of hydrogen-bond donors (Lipinski definition) is 6. The molecule has 1 heterocycles. The van der Waals surface area contributed by atoms with Crippen LogP contribution in [0.4, 0.5) is 0 Å². The summed E-state index contributed by atoms with van der Waals surface area (Å²) in [5, 5.41) is 16.4. The van der Waals surface area contributed by atoms with E-state index >= 15 is 0 Å². The van der Waals surface area contributed by atoms with Gasteiger partial charge >= 0.3 is 5.97 Å². The molecule has 4 atom stereocenters. The molecule has 0 aliphatic heterocycles. The molecule has 0 aromatic carbocycles. The van der Waals surface area contributed by atoms with Gasteiger partial charge < -0.3 is 31.8 Å². The van der Waals surface area contributed by atoms with Crippen molar-refractivity contribution < 1.29 is 24.3 Å². The Kier molecular flexibility index (Phi) is 8.58. The minimum Gasteiger partial charge on any atom is -0.480 e. The normalized spacial score (nSPS) is 15.2. The number of imidazole rings is 1. The molecule has 4 unspecified atom stereocenters. The van der Waals surface area contributed by atoms with Gasteiger partial charge in [0.15, 0.2) is 0 Å². The summed E-state index contributed by atoms with van der Waals surface area (Å²) in [6.45, 7) is 6.22. The number of nitrogens with zero attached hydrogens (tertiary/aromatic N) is 1. The monoisotopic (exact) mass is 396 g/mol. The standard InChI is InChI=1S/C17H28N6O5/c1-8(2)13(16(26)21-10(4)17(27)28)23-15(25)12(22-14(24)9(3)18)5-11-6-19-7-20-11/h6-10,12-13H,5,18H2,1-4H3,(H,19,20)(H,21,26)(H,22,24)(H,23,25)(H,27,28). The lowest BCUT2D eigenvalue weighted by Gasteiger charge is -2.26. The molecule has 11 heteroatoms. The summed E-state index contributed by atoms with van der Waals surface area (Å²) in [6, 6.07) is -3.91. The van der Waals surface area contributed by atoms with Crippen molar-refractivity contribution in [2.45, 2.75) is 58.3 Å². The number of rotatable bonds is 10. The second-order valence-electron chi connectivity index (χ2n) is 6.93. The Labute approximate surface area is 162 Å². The summed E-state index contributed by atoms with van der Waals surface area (Å²) in [5.74, 6) is -3.26. The van der Waals surface area contributed by atoms with Crippen molar-refractivity contribution in [3.63, 3.8) is 0 Å². The zero-order chi connectivity index (χ0) is 21.4. The number of nitrogens with one attached hydrogen (secondary N) is 4.